The van der Waals surface area contributed by atoms with E-state index < -0.39 is 0 Å². The van der Waals surface area contributed by atoms with Gasteiger partial charge >= 0.3 is 0 Å². The molecule has 2 aromatic heterocycles. The van der Waals surface area contributed by atoms with Crippen LogP contribution in [0.2, 0.25) is 0 Å². The van der Waals surface area contributed by atoms with Gasteiger partial charge in [-0.2, -0.15) is 0 Å². The van der Waals surface area contributed by atoms with Gasteiger partial charge in [-0.3, -0.25) is 4.98 Å². The van der Waals surface area contributed by atoms with Crippen molar-refractivity contribution >= 4 is 21.8 Å². The molecule has 0 bridgehead atoms. The molecule has 1 aliphatic heterocycles. The summed E-state index contributed by atoms with van der Waals surface area (Å²) in [6.07, 6.45) is 2.46. The van der Waals surface area contributed by atoms with Crippen LogP contribution in [-0.2, 0) is 0 Å². The average molecular weight is 384 g/mol. The number of nitrogens with zero attached hydrogens (tertiary/aromatic N) is 1. The van der Waals surface area contributed by atoms with Crippen molar-refractivity contribution in [3.8, 4) is 11.3 Å². The van der Waals surface area contributed by atoms with E-state index in [1.807, 2.05) is 0 Å². The fraction of sp³-hybridized carbons (Fsp3) is 0.346. The van der Waals surface area contributed by atoms with E-state index in [0.717, 1.165) is 24.3 Å². The zero-order chi connectivity index (χ0) is 20.0. The molecule has 0 spiro atoms. The Kier molecular flexibility index (Phi) is 4.63. The molecule has 29 heavy (non-hydrogen) atoms. The van der Waals surface area contributed by atoms with Crippen molar-refractivity contribution in [1.82, 2.24) is 15.3 Å². The van der Waals surface area contributed by atoms with Gasteiger partial charge < -0.3 is 10.3 Å². The van der Waals surface area contributed by atoms with Crippen molar-refractivity contribution in [2.24, 2.45) is 0 Å². The predicted molar refractivity (Wildman–Crippen MR) is 123 cm³/mol. The zero-order valence-electron chi connectivity index (χ0n) is 17.5. The Hall–Kier alpha value is -2.65. The molecule has 2 aromatic carbocycles. The van der Waals surface area contributed by atoms with Gasteiger partial charge in [-0.15, -0.1) is 0 Å². The van der Waals surface area contributed by atoms with Gasteiger partial charge in [0.2, 0.25) is 0 Å². The summed E-state index contributed by atoms with van der Waals surface area (Å²) >= 11 is 0. The average Bonchev–Trinajstić information content (AvgIpc) is 3.12. The Morgan fingerprint density at radius 2 is 1.76 bits per heavy atom. The first-order chi connectivity index (χ1) is 14.1. The molecule has 2 N–H and O–H groups in total. The highest BCUT2D eigenvalue weighted by atomic mass is 14.9. The van der Waals surface area contributed by atoms with Crippen molar-refractivity contribution in [3.05, 3.63) is 65.4 Å². The van der Waals surface area contributed by atoms with Crippen LogP contribution in [-0.4, -0.2) is 23.1 Å². The number of aromatic amines is 1. The lowest BCUT2D eigenvalue weighted by Crippen LogP contribution is -2.26. The maximum Gasteiger partial charge on any atom is 0.0711 e. The van der Waals surface area contributed by atoms with E-state index in [2.05, 4.69) is 79.6 Å². The Bertz CT molecular complexity index is 1180. The Balaban J connectivity index is 1.74. The van der Waals surface area contributed by atoms with Crippen LogP contribution >= 0.6 is 0 Å². The minimum Gasteiger partial charge on any atom is -0.354 e. The first kappa shape index (κ1) is 18.4. The van der Waals surface area contributed by atoms with Crippen LogP contribution in [0.4, 0.5) is 0 Å². The normalized spacial score (nSPS) is 15.6. The number of aromatic nitrogens is 2. The largest absolute Gasteiger partial charge is 0.354 e. The molecule has 0 atom stereocenters. The summed E-state index contributed by atoms with van der Waals surface area (Å²) in [5, 5.41) is 6.08. The number of aryl methyl sites for hydroxylation is 1. The Morgan fingerprint density at radius 3 is 2.55 bits per heavy atom. The van der Waals surface area contributed by atoms with Crippen molar-refractivity contribution in [1.29, 1.82) is 0 Å². The number of fused-ring (bicyclic) bond motifs is 2. The van der Waals surface area contributed by atoms with Crippen LogP contribution in [0.5, 0.6) is 0 Å². The third-order valence-electron chi connectivity index (χ3n) is 6.36. The summed E-state index contributed by atoms with van der Waals surface area (Å²) in [6, 6.07) is 17.8. The number of para-hydroxylation sites is 1. The molecule has 0 saturated carbocycles. The summed E-state index contributed by atoms with van der Waals surface area (Å²) in [5.41, 5.74) is 8.78. The van der Waals surface area contributed by atoms with Crippen LogP contribution in [0.3, 0.4) is 0 Å². The molecule has 1 fully saturated rings. The Morgan fingerprint density at radius 1 is 0.966 bits per heavy atom. The third-order valence-corrected chi connectivity index (χ3v) is 6.36. The second kappa shape index (κ2) is 7.31. The van der Waals surface area contributed by atoms with E-state index in [9.17, 15) is 0 Å². The molecule has 4 aromatic rings. The summed E-state index contributed by atoms with van der Waals surface area (Å²) < 4.78 is 0. The van der Waals surface area contributed by atoms with E-state index in [-0.39, 0.29) is 0 Å². The van der Waals surface area contributed by atoms with Crippen molar-refractivity contribution in [2.75, 3.05) is 13.1 Å². The van der Waals surface area contributed by atoms with Crippen LogP contribution in [0.1, 0.15) is 55.3 Å². The lowest BCUT2D eigenvalue weighted by atomic mass is 9.88. The molecule has 0 unspecified atom stereocenters. The predicted octanol–water partition coefficient (Wildman–Crippen LogP) is 6.28. The standard InChI is InChI=1S/C26H29N3/c1-16(2)25-22-15-19(18-10-12-27-13-11-18)8-9-24(22)29-26(25)21-14-17(3)28-23-7-5-4-6-20(21)23/h4-9,14-16,18,27,29H,10-13H2,1-3H3. The van der Waals surface area contributed by atoms with E-state index in [0.29, 0.717) is 11.8 Å². The minimum atomic E-state index is 0.439. The topological polar surface area (TPSA) is 40.7 Å². The maximum absolute atomic E-state index is 4.75. The molecule has 0 radical (unpaired) electrons. The Labute approximate surface area is 172 Å². The first-order valence-corrected chi connectivity index (χ1v) is 10.8. The van der Waals surface area contributed by atoms with Gasteiger partial charge in [-0.1, -0.05) is 38.1 Å². The van der Waals surface area contributed by atoms with E-state index in [4.69, 9.17) is 4.98 Å². The smallest absolute Gasteiger partial charge is 0.0711 e. The number of benzene rings is 2. The molecule has 3 heteroatoms. The summed E-state index contributed by atoms with van der Waals surface area (Å²) in [5.74, 6) is 1.11. The van der Waals surface area contributed by atoms with Gasteiger partial charge in [-0.25, -0.2) is 0 Å². The third kappa shape index (κ3) is 3.24. The van der Waals surface area contributed by atoms with E-state index in [1.54, 1.807) is 0 Å². The minimum absolute atomic E-state index is 0.439. The highest BCUT2D eigenvalue weighted by Gasteiger charge is 2.21. The number of hydrogen-bond acceptors (Lipinski definition) is 2. The quantitative estimate of drug-likeness (QED) is 0.437. The summed E-state index contributed by atoms with van der Waals surface area (Å²) in [6.45, 7) is 8.95. The molecular formula is C26H29N3. The molecular weight excluding hydrogens is 354 g/mol. The van der Waals surface area contributed by atoms with E-state index in [1.165, 1.54) is 51.5 Å². The van der Waals surface area contributed by atoms with Gasteiger partial charge in [0.1, 0.15) is 0 Å². The summed E-state index contributed by atoms with van der Waals surface area (Å²) in [4.78, 5) is 8.52. The van der Waals surface area contributed by atoms with Crippen LogP contribution in [0.25, 0.3) is 33.1 Å². The summed E-state index contributed by atoms with van der Waals surface area (Å²) in [7, 11) is 0. The SMILES string of the molecule is Cc1cc(-c2[nH]c3ccc(C4CCNCC4)cc3c2C(C)C)c2ccccc2n1. The molecule has 3 nitrogen and oxygen atoms in total. The number of rotatable bonds is 3. The molecule has 3 heterocycles. The number of piperidine rings is 1. The lowest BCUT2D eigenvalue weighted by molar-refractivity contribution is 0.460. The number of hydrogen-bond donors (Lipinski definition) is 2. The fourth-order valence-corrected chi connectivity index (χ4v) is 4.97. The monoisotopic (exact) mass is 383 g/mol. The van der Waals surface area contributed by atoms with Crippen LogP contribution < -0.4 is 5.32 Å². The van der Waals surface area contributed by atoms with Crippen LogP contribution in [0.15, 0.2) is 48.5 Å². The lowest BCUT2D eigenvalue weighted by Gasteiger charge is -2.23. The molecule has 1 aliphatic rings. The first-order valence-electron chi connectivity index (χ1n) is 10.8. The highest BCUT2D eigenvalue weighted by Crippen LogP contribution is 2.40. The van der Waals surface area contributed by atoms with Crippen molar-refractivity contribution < 1.29 is 0 Å². The van der Waals surface area contributed by atoms with Crippen molar-refractivity contribution in [2.45, 2.75) is 45.4 Å². The number of nitrogens with one attached hydrogen (secondary N) is 2. The molecule has 5 rings (SSSR count). The zero-order valence-corrected chi connectivity index (χ0v) is 17.5. The van der Waals surface area contributed by atoms with Gasteiger partial charge in [0, 0.05) is 27.5 Å². The van der Waals surface area contributed by atoms with Crippen molar-refractivity contribution in [3.63, 3.8) is 0 Å². The van der Waals surface area contributed by atoms with Gasteiger partial charge in [-0.05, 0) is 80.1 Å². The second-order valence-corrected chi connectivity index (χ2v) is 8.73. The second-order valence-electron chi connectivity index (χ2n) is 8.73. The molecule has 0 aliphatic carbocycles. The number of pyridine rings is 1. The van der Waals surface area contributed by atoms with Crippen LogP contribution in [0, 0.1) is 6.92 Å². The molecule has 148 valence electrons. The molecule has 1 saturated heterocycles. The highest BCUT2D eigenvalue weighted by molar-refractivity contribution is 6.00. The van der Waals surface area contributed by atoms with Gasteiger partial charge in [0.15, 0.2) is 0 Å². The van der Waals surface area contributed by atoms with Gasteiger partial charge in [0.25, 0.3) is 0 Å². The van der Waals surface area contributed by atoms with Gasteiger partial charge in [0.05, 0.1) is 11.2 Å². The number of H-pyrrole nitrogens is 1. The fourth-order valence-electron chi connectivity index (χ4n) is 4.97. The maximum atomic E-state index is 4.75. The molecule has 0 amide bonds. The van der Waals surface area contributed by atoms with E-state index >= 15 is 0 Å².